The molecular weight excluding hydrogens is 220 g/mol. The molecule has 2 heteroatoms. The number of aryl methyl sites for hydroxylation is 1. The Morgan fingerprint density at radius 3 is 2.89 bits per heavy atom. The van der Waals surface area contributed by atoms with Crippen molar-refractivity contribution < 1.29 is 0 Å². The average Bonchev–Trinajstić information content (AvgIpc) is 2.75. The highest BCUT2D eigenvalue weighted by Gasteiger charge is 2.34. The number of likely N-dealkylation sites (tertiary alicyclic amines) is 1. The van der Waals surface area contributed by atoms with Crippen LogP contribution in [-0.4, -0.2) is 17.5 Å². The third-order valence-electron chi connectivity index (χ3n) is 5.04. The Labute approximate surface area is 110 Å². The molecule has 2 N–H and O–H groups in total. The van der Waals surface area contributed by atoms with E-state index in [9.17, 15) is 0 Å². The number of piperidine rings is 1. The molecule has 1 aliphatic carbocycles. The van der Waals surface area contributed by atoms with Gasteiger partial charge in [-0.3, -0.25) is 4.90 Å². The summed E-state index contributed by atoms with van der Waals surface area (Å²) in [7, 11) is 0. The minimum atomic E-state index is 0.637. The van der Waals surface area contributed by atoms with Crippen molar-refractivity contribution in [2.24, 2.45) is 5.92 Å². The highest BCUT2D eigenvalue weighted by atomic mass is 15.2. The van der Waals surface area contributed by atoms with Gasteiger partial charge >= 0.3 is 0 Å². The number of rotatable bonds is 1. The van der Waals surface area contributed by atoms with E-state index < -0.39 is 0 Å². The fourth-order valence-electron chi connectivity index (χ4n) is 3.77. The Balaban J connectivity index is 1.87. The molecule has 0 saturated carbocycles. The second-order valence-corrected chi connectivity index (χ2v) is 6.11. The van der Waals surface area contributed by atoms with E-state index >= 15 is 0 Å². The van der Waals surface area contributed by atoms with E-state index in [1.807, 2.05) is 0 Å². The van der Waals surface area contributed by atoms with Gasteiger partial charge in [0, 0.05) is 17.8 Å². The van der Waals surface area contributed by atoms with E-state index in [1.165, 1.54) is 43.4 Å². The number of nitrogen functional groups attached to an aromatic ring is 1. The first-order chi connectivity index (χ1) is 8.66. The van der Waals surface area contributed by atoms with Crippen molar-refractivity contribution in [1.29, 1.82) is 0 Å². The molecule has 3 atom stereocenters. The van der Waals surface area contributed by atoms with Gasteiger partial charge in [-0.25, -0.2) is 0 Å². The van der Waals surface area contributed by atoms with Crippen molar-refractivity contribution in [3.05, 3.63) is 29.3 Å². The third kappa shape index (κ3) is 1.93. The smallest absolute Gasteiger partial charge is 0.0356 e. The Kier molecular flexibility index (Phi) is 3.06. The van der Waals surface area contributed by atoms with Crippen molar-refractivity contribution in [3.63, 3.8) is 0 Å². The van der Waals surface area contributed by atoms with Gasteiger partial charge in [-0.15, -0.1) is 0 Å². The lowest BCUT2D eigenvalue weighted by Gasteiger charge is -2.42. The Morgan fingerprint density at radius 1 is 1.22 bits per heavy atom. The predicted molar refractivity (Wildman–Crippen MR) is 76.5 cm³/mol. The third-order valence-corrected chi connectivity index (χ3v) is 5.04. The molecule has 1 saturated heterocycles. The van der Waals surface area contributed by atoms with Crippen LogP contribution in [0.5, 0.6) is 0 Å². The van der Waals surface area contributed by atoms with Crippen molar-refractivity contribution in [2.75, 3.05) is 12.3 Å². The molecule has 1 aromatic rings. The molecule has 0 aromatic heterocycles. The summed E-state index contributed by atoms with van der Waals surface area (Å²) >= 11 is 0. The zero-order valence-electron chi connectivity index (χ0n) is 11.5. The summed E-state index contributed by atoms with van der Waals surface area (Å²) in [5, 5.41) is 0. The first-order valence-electron chi connectivity index (χ1n) is 7.31. The molecule has 0 amide bonds. The summed E-state index contributed by atoms with van der Waals surface area (Å²) in [5.74, 6) is 0.830. The van der Waals surface area contributed by atoms with Gasteiger partial charge in [0.15, 0.2) is 0 Å². The largest absolute Gasteiger partial charge is 0.399 e. The lowest BCUT2D eigenvalue weighted by molar-refractivity contribution is 0.0681. The number of anilines is 1. The van der Waals surface area contributed by atoms with Crippen LogP contribution in [0.2, 0.25) is 0 Å². The quantitative estimate of drug-likeness (QED) is 0.767. The second-order valence-electron chi connectivity index (χ2n) is 6.11. The van der Waals surface area contributed by atoms with Crippen LogP contribution in [0, 0.1) is 5.92 Å². The Morgan fingerprint density at radius 2 is 2.06 bits per heavy atom. The molecule has 1 aromatic carbocycles. The van der Waals surface area contributed by atoms with Gasteiger partial charge in [-0.2, -0.15) is 0 Å². The van der Waals surface area contributed by atoms with E-state index in [-0.39, 0.29) is 0 Å². The van der Waals surface area contributed by atoms with Crippen LogP contribution in [0.1, 0.15) is 50.3 Å². The summed E-state index contributed by atoms with van der Waals surface area (Å²) < 4.78 is 0. The molecule has 2 nitrogen and oxygen atoms in total. The van der Waals surface area contributed by atoms with Gasteiger partial charge in [0.05, 0.1) is 0 Å². The minimum absolute atomic E-state index is 0.637. The van der Waals surface area contributed by atoms with Crippen molar-refractivity contribution >= 4 is 5.69 Å². The molecule has 1 aliphatic heterocycles. The molecule has 3 rings (SSSR count). The maximum absolute atomic E-state index is 5.89. The SMILES string of the molecule is CC1CCCN(C2CCc3cc(N)ccc32)C1C. The Bertz CT molecular complexity index is 441. The minimum Gasteiger partial charge on any atom is -0.399 e. The molecule has 18 heavy (non-hydrogen) atoms. The Hall–Kier alpha value is -1.02. The second kappa shape index (κ2) is 4.58. The van der Waals surface area contributed by atoms with Crippen LogP contribution in [-0.2, 0) is 6.42 Å². The van der Waals surface area contributed by atoms with E-state index in [1.54, 1.807) is 0 Å². The standard InChI is InChI=1S/C16H24N2/c1-11-4-3-9-18(12(11)2)16-8-5-13-10-14(17)6-7-15(13)16/h6-7,10-12,16H,3-5,8-9,17H2,1-2H3. The van der Waals surface area contributed by atoms with Crippen molar-refractivity contribution in [3.8, 4) is 0 Å². The maximum Gasteiger partial charge on any atom is 0.0356 e. The fourth-order valence-corrected chi connectivity index (χ4v) is 3.77. The number of fused-ring (bicyclic) bond motifs is 1. The average molecular weight is 244 g/mol. The number of nitrogens with two attached hydrogens (primary N) is 1. The van der Waals surface area contributed by atoms with Gasteiger partial charge in [0.25, 0.3) is 0 Å². The van der Waals surface area contributed by atoms with Crippen LogP contribution >= 0.6 is 0 Å². The van der Waals surface area contributed by atoms with Crippen LogP contribution in [0.3, 0.4) is 0 Å². The van der Waals surface area contributed by atoms with E-state index in [2.05, 4.69) is 36.9 Å². The van der Waals surface area contributed by atoms with Gasteiger partial charge in [-0.05, 0) is 68.3 Å². The monoisotopic (exact) mass is 244 g/mol. The zero-order valence-corrected chi connectivity index (χ0v) is 11.5. The summed E-state index contributed by atoms with van der Waals surface area (Å²) in [6, 6.07) is 7.85. The molecule has 3 unspecified atom stereocenters. The highest BCUT2D eigenvalue weighted by Crippen LogP contribution is 2.40. The molecule has 0 spiro atoms. The molecule has 1 heterocycles. The van der Waals surface area contributed by atoms with Crippen LogP contribution < -0.4 is 5.73 Å². The number of benzene rings is 1. The predicted octanol–water partition coefficient (Wildman–Crippen LogP) is 3.38. The lowest BCUT2D eigenvalue weighted by atomic mass is 9.89. The van der Waals surface area contributed by atoms with Crippen LogP contribution in [0.25, 0.3) is 0 Å². The number of hydrogen-bond donors (Lipinski definition) is 1. The zero-order chi connectivity index (χ0) is 12.7. The molecule has 0 bridgehead atoms. The van der Waals surface area contributed by atoms with Crippen molar-refractivity contribution in [2.45, 2.75) is 51.6 Å². The van der Waals surface area contributed by atoms with Crippen molar-refractivity contribution in [1.82, 2.24) is 4.90 Å². The maximum atomic E-state index is 5.89. The van der Waals surface area contributed by atoms with Gasteiger partial charge in [0.1, 0.15) is 0 Å². The summed E-state index contributed by atoms with van der Waals surface area (Å²) in [4.78, 5) is 2.73. The van der Waals surface area contributed by atoms with Gasteiger partial charge < -0.3 is 5.73 Å². The number of nitrogens with zero attached hydrogens (tertiary/aromatic N) is 1. The van der Waals surface area contributed by atoms with E-state index in [4.69, 9.17) is 5.73 Å². The number of hydrogen-bond acceptors (Lipinski definition) is 2. The van der Waals surface area contributed by atoms with Gasteiger partial charge in [-0.1, -0.05) is 13.0 Å². The molecule has 0 radical (unpaired) electrons. The van der Waals surface area contributed by atoms with E-state index in [0.29, 0.717) is 12.1 Å². The van der Waals surface area contributed by atoms with Gasteiger partial charge in [0.2, 0.25) is 0 Å². The first kappa shape index (κ1) is 12.0. The topological polar surface area (TPSA) is 29.3 Å². The normalized spacial score (nSPS) is 32.4. The highest BCUT2D eigenvalue weighted by molar-refractivity contribution is 5.47. The summed E-state index contributed by atoms with van der Waals surface area (Å²) in [6.07, 6.45) is 5.21. The summed E-state index contributed by atoms with van der Waals surface area (Å²) in [5.41, 5.74) is 9.81. The van der Waals surface area contributed by atoms with Crippen LogP contribution in [0.15, 0.2) is 18.2 Å². The molecule has 2 aliphatic rings. The summed E-state index contributed by atoms with van der Waals surface area (Å²) in [6.45, 7) is 6.06. The first-order valence-corrected chi connectivity index (χ1v) is 7.31. The van der Waals surface area contributed by atoms with E-state index in [0.717, 1.165) is 11.6 Å². The lowest BCUT2D eigenvalue weighted by Crippen LogP contribution is -2.43. The molecule has 98 valence electrons. The van der Waals surface area contributed by atoms with Crippen LogP contribution in [0.4, 0.5) is 5.69 Å². The fraction of sp³-hybridized carbons (Fsp3) is 0.625. The molecular formula is C16H24N2. The molecule has 1 fully saturated rings.